The van der Waals surface area contributed by atoms with Gasteiger partial charge in [-0.1, -0.05) is 12.8 Å². The Hall–Kier alpha value is -1.11. The molecule has 0 atom stereocenters. The van der Waals surface area contributed by atoms with Gasteiger partial charge in [-0.2, -0.15) is 0 Å². The third kappa shape index (κ3) is 4.77. The molecule has 0 bridgehead atoms. The van der Waals surface area contributed by atoms with Gasteiger partial charge >= 0.3 is 0 Å². The SMILES string of the molecule is Cc1cc(N)cc(C)c1S(=O)(=O)NCCCCCCO. The number of nitrogen functional groups attached to an aromatic ring is 1. The minimum absolute atomic E-state index is 0.190. The number of aryl methyl sites for hydroxylation is 2. The topological polar surface area (TPSA) is 92.4 Å². The van der Waals surface area contributed by atoms with Gasteiger partial charge in [0.05, 0.1) is 4.90 Å². The van der Waals surface area contributed by atoms with Crippen molar-refractivity contribution < 1.29 is 13.5 Å². The Kier molecular flexibility index (Phi) is 6.45. The molecule has 0 aromatic heterocycles. The lowest BCUT2D eigenvalue weighted by Crippen LogP contribution is -2.26. The molecule has 0 aliphatic rings. The largest absolute Gasteiger partial charge is 0.399 e. The van der Waals surface area contributed by atoms with Crippen LogP contribution < -0.4 is 10.5 Å². The van der Waals surface area contributed by atoms with Crippen LogP contribution in [-0.4, -0.2) is 26.7 Å². The van der Waals surface area contributed by atoms with Gasteiger partial charge in [-0.25, -0.2) is 13.1 Å². The highest BCUT2D eigenvalue weighted by molar-refractivity contribution is 7.89. The van der Waals surface area contributed by atoms with E-state index in [2.05, 4.69) is 4.72 Å². The van der Waals surface area contributed by atoms with Crippen molar-refractivity contribution in [3.63, 3.8) is 0 Å². The molecule has 0 fully saturated rings. The summed E-state index contributed by atoms with van der Waals surface area (Å²) >= 11 is 0. The van der Waals surface area contributed by atoms with E-state index in [4.69, 9.17) is 10.8 Å². The highest BCUT2D eigenvalue weighted by atomic mass is 32.2. The Morgan fingerprint density at radius 2 is 1.65 bits per heavy atom. The Bertz CT molecular complexity index is 518. The van der Waals surface area contributed by atoms with E-state index >= 15 is 0 Å². The third-order valence-corrected chi connectivity index (χ3v) is 4.89. The van der Waals surface area contributed by atoms with E-state index in [-0.39, 0.29) is 6.61 Å². The lowest BCUT2D eigenvalue weighted by Gasteiger charge is -2.13. The van der Waals surface area contributed by atoms with Gasteiger partial charge in [-0.3, -0.25) is 0 Å². The number of aliphatic hydroxyl groups excluding tert-OH is 1. The van der Waals surface area contributed by atoms with Crippen molar-refractivity contribution in [2.75, 3.05) is 18.9 Å². The summed E-state index contributed by atoms with van der Waals surface area (Å²) in [6.45, 7) is 4.10. The van der Waals surface area contributed by atoms with Gasteiger partial charge in [0.15, 0.2) is 0 Å². The minimum atomic E-state index is -3.49. The Balaban J connectivity index is 2.66. The molecule has 0 aliphatic heterocycles. The summed E-state index contributed by atoms with van der Waals surface area (Å²) in [5.74, 6) is 0. The average molecular weight is 300 g/mol. The number of rotatable bonds is 8. The number of benzene rings is 1. The van der Waals surface area contributed by atoms with Gasteiger partial charge in [-0.05, 0) is 49.9 Å². The molecule has 5 nitrogen and oxygen atoms in total. The van der Waals surface area contributed by atoms with E-state index in [0.29, 0.717) is 28.3 Å². The van der Waals surface area contributed by atoms with Crippen molar-refractivity contribution in [2.24, 2.45) is 0 Å². The summed E-state index contributed by atoms with van der Waals surface area (Å²) < 4.78 is 27.2. The summed E-state index contributed by atoms with van der Waals surface area (Å²) in [6, 6.07) is 3.34. The van der Waals surface area contributed by atoms with Crippen LogP contribution in [0.2, 0.25) is 0 Å². The Morgan fingerprint density at radius 3 is 2.20 bits per heavy atom. The second kappa shape index (κ2) is 7.61. The number of hydrogen-bond acceptors (Lipinski definition) is 4. The molecular formula is C14H24N2O3S. The molecular weight excluding hydrogens is 276 g/mol. The second-order valence-corrected chi connectivity index (χ2v) is 6.72. The summed E-state index contributed by atoms with van der Waals surface area (Å²) in [7, 11) is -3.49. The first kappa shape index (κ1) is 16.9. The van der Waals surface area contributed by atoms with E-state index in [1.807, 2.05) is 0 Å². The molecule has 0 aliphatic carbocycles. The van der Waals surface area contributed by atoms with Gasteiger partial charge in [0.25, 0.3) is 0 Å². The molecule has 20 heavy (non-hydrogen) atoms. The van der Waals surface area contributed by atoms with Crippen molar-refractivity contribution in [3.05, 3.63) is 23.3 Å². The van der Waals surface area contributed by atoms with Crippen LogP contribution in [0.4, 0.5) is 5.69 Å². The fourth-order valence-electron chi connectivity index (χ4n) is 2.28. The maximum atomic E-state index is 12.3. The smallest absolute Gasteiger partial charge is 0.241 e. The summed E-state index contributed by atoms with van der Waals surface area (Å²) in [5.41, 5.74) is 7.60. The first-order valence-corrected chi connectivity index (χ1v) is 8.34. The fourth-order valence-corrected chi connectivity index (χ4v) is 3.80. The zero-order chi connectivity index (χ0) is 15.2. The molecule has 1 aromatic carbocycles. The zero-order valence-electron chi connectivity index (χ0n) is 12.1. The number of unbranched alkanes of at least 4 members (excludes halogenated alkanes) is 3. The van der Waals surface area contributed by atoms with Crippen molar-refractivity contribution in [1.29, 1.82) is 0 Å². The second-order valence-electron chi connectivity index (χ2n) is 5.02. The quantitative estimate of drug-likeness (QED) is 0.503. The minimum Gasteiger partial charge on any atom is -0.399 e. The number of aliphatic hydroxyl groups is 1. The average Bonchev–Trinajstić information content (AvgIpc) is 2.31. The molecule has 114 valence electrons. The van der Waals surface area contributed by atoms with Crippen LogP contribution in [0, 0.1) is 13.8 Å². The number of nitrogens with one attached hydrogen (secondary N) is 1. The molecule has 0 radical (unpaired) electrons. The van der Waals surface area contributed by atoms with E-state index in [1.165, 1.54) is 0 Å². The monoisotopic (exact) mass is 300 g/mol. The van der Waals surface area contributed by atoms with Gasteiger partial charge < -0.3 is 10.8 Å². The van der Waals surface area contributed by atoms with Gasteiger partial charge in [-0.15, -0.1) is 0 Å². The number of nitrogens with two attached hydrogens (primary N) is 1. The summed E-state index contributed by atoms with van der Waals surface area (Å²) in [5, 5.41) is 8.66. The number of hydrogen-bond donors (Lipinski definition) is 3. The highest BCUT2D eigenvalue weighted by Crippen LogP contribution is 2.22. The molecule has 0 amide bonds. The number of anilines is 1. The van der Waals surface area contributed by atoms with E-state index in [0.717, 1.165) is 25.7 Å². The van der Waals surface area contributed by atoms with Gasteiger partial charge in [0.2, 0.25) is 10.0 Å². The molecule has 1 aromatic rings. The normalized spacial score (nSPS) is 11.8. The molecule has 0 heterocycles. The molecule has 0 spiro atoms. The standard InChI is InChI=1S/C14H24N2O3S/c1-11-9-13(15)10-12(2)14(11)20(18,19)16-7-5-3-4-6-8-17/h9-10,16-17H,3-8,15H2,1-2H3. The van der Waals surface area contributed by atoms with Crippen LogP contribution in [0.25, 0.3) is 0 Å². The molecule has 4 N–H and O–H groups in total. The lowest BCUT2D eigenvalue weighted by molar-refractivity contribution is 0.282. The number of sulfonamides is 1. The predicted molar refractivity (Wildman–Crippen MR) is 81.1 cm³/mol. The first-order chi connectivity index (χ1) is 9.38. The van der Waals surface area contributed by atoms with Gasteiger partial charge in [0, 0.05) is 18.8 Å². The van der Waals surface area contributed by atoms with Crippen LogP contribution in [0.1, 0.15) is 36.8 Å². The van der Waals surface area contributed by atoms with Crippen LogP contribution in [0.3, 0.4) is 0 Å². The summed E-state index contributed by atoms with van der Waals surface area (Å²) in [6.07, 6.45) is 3.36. The Morgan fingerprint density at radius 1 is 1.10 bits per heavy atom. The van der Waals surface area contributed by atoms with Crippen LogP contribution in [0.15, 0.2) is 17.0 Å². The van der Waals surface area contributed by atoms with Crippen LogP contribution in [-0.2, 0) is 10.0 Å². The van der Waals surface area contributed by atoms with Gasteiger partial charge in [0.1, 0.15) is 0 Å². The van der Waals surface area contributed by atoms with Crippen LogP contribution >= 0.6 is 0 Å². The van der Waals surface area contributed by atoms with E-state index in [9.17, 15) is 8.42 Å². The summed E-state index contributed by atoms with van der Waals surface area (Å²) in [4.78, 5) is 0.321. The zero-order valence-corrected chi connectivity index (χ0v) is 13.0. The third-order valence-electron chi connectivity index (χ3n) is 3.13. The van der Waals surface area contributed by atoms with Crippen LogP contribution in [0.5, 0.6) is 0 Å². The molecule has 0 unspecified atom stereocenters. The Labute approximate surface area is 121 Å². The fraction of sp³-hybridized carbons (Fsp3) is 0.571. The lowest BCUT2D eigenvalue weighted by atomic mass is 10.1. The van der Waals surface area contributed by atoms with E-state index < -0.39 is 10.0 Å². The van der Waals surface area contributed by atoms with Crippen molar-refractivity contribution in [3.8, 4) is 0 Å². The molecule has 0 saturated heterocycles. The first-order valence-electron chi connectivity index (χ1n) is 6.85. The predicted octanol–water partition coefficient (Wildman–Crippen LogP) is 1.72. The van der Waals surface area contributed by atoms with E-state index in [1.54, 1.807) is 26.0 Å². The highest BCUT2D eigenvalue weighted by Gasteiger charge is 2.19. The maximum Gasteiger partial charge on any atom is 0.241 e. The molecule has 0 saturated carbocycles. The molecule has 6 heteroatoms. The maximum absolute atomic E-state index is 12.3. The van der Waals surface area contributed by atoms with Crippen molar-refractivity contribution in [1.82, 2.24) is 4.72 Å². The van der Waals surface area contributed by atoms with Crippen molar-refractivity contribution in [2.45, 2.75) is 44.4 Å². The molecule has 1 rings (SSSR count). The van der Waals surface area contributed by atoms with Crippen molar-refractivity contribution >= 4 is 15.7 Å².